The Labute approximate surface area is 141 Å². The number of amides is 2. The number of benzene rings is 1. The predicted octanol–water partition coefficient (Wildman–Crippen LogP) is 2.66. The third-order valence-corrected chi connectivity index (χ3v) is 4.19. The zero-order chi connectivity index (χ0) is 17.5. The van der Waals surface area contributed by atoms with Crippen molar-refractivity contribution in [2.45, 2.75) is 39.0 Å². The first-order valence-corrected chi connectivity index (χ1v) is 8.38. The first-order chi connectivity index (χ1) is 11.5. The molecule has 2 atom stereocenters. The van der Waals surface area contributed by atoms with E-state index in [4.69, 9.17) is 5.11 Å². The molecule has 0 aliphatic heterocycles. The van der Waals surface area contributed by atoms with Gasteiger partial charge in [-0.1, -0.05) is 19.4 Å². The second kappa shape index (κ2) is 8.47. The summed E-state index contributed by atoms with van der Waals surface area (Å²) in [6, 6.07) is 6.89. The average Bonchev–Trinajstić information content (AvgIpc) is 3.27. The molecule has 6 nitrogen and oxygen atoms in total. The van der Waals surface area contributed by atoms with Crippen LogP contribution in [0, 0.1) is 11.8 Å². The largest absolute Gasteiger partial charge is 0.481 e. The van der Waals surface area contributed by atoms with E-state index in [0.29, 0.717) is 30.1 Å². The van der Waals surface area contributed by atoms with Gasteiger partial charge in [-0.25, -0.2) is 0 Å². The highest BCUT2D eigenvalue weighted by Gasteiger charge is 2.39. The summed E-state index contributed by atoms with van der Waals surface area (Å²) in [7, 11) is 0. The highest BCUT2D eigenvalue weighted by Crippen LogP contribution is 2.38. The molecule has 1 saturated carbocycles. The highest BCUT2D eigenvalue weighted by atomic mass is 16.4. The molecule has 1 aliphatic carbocycles. The van der Waals surface area contributed by atoms with Crippen molar-refractivity contribution in [1.82, 2.24) is 5.32 Å². The van der Waals surface area contributed by atoms with Gasteiger partial charge in [0.25, 0.3) is 5.91 Å². The minimum atomic E-state index is -0.793. The topological polar surface area (TPSA) is 95.5 Å². The molecule has 0 spiro atoms. The smallest absolute Gasteiger partial charge is 0.303 e. The van der Waals surface area contributed by atoms with E-state index in [0.717, 1.165) is 19.3 Å². The summed E-state index contributed by atoms with van der Waals surface area (Å²) in [4.78, 5) is 34.4. The molecule has 2 amide bonds. The van der Waals surface area contributed by atoms with Crippen LogP contribution < -0.4 is 10.6 Å². The van der Waals surface area contributed by atoms with Crippen LogP contribution in [0.2, 0.25) is 0 Å². The van der Waals surface area contributed by atoms with E-state index in [2.05, 4.69) is 10.6 Å². The fraction of sp³-hybridized carbons (Fsp3) is 0.500. The van der Waals surface area contributed by atoms with Crippen molar-refractivity contribution in [2.75, 3.05) is 11.9 Å². The quantitative estimate of drug-likeness (QED) is 0.606. The van der Waals surface area contributed by atoms with Crippen molar-refractivity contribution >= 4 is 23.5 Å². The van der Waals surface area contributed by atoms with E-state index in [9.17, 15) is 14.4 Å². The molecular weight excluding hydrogens is 308 g/mol. The second-order valence-corrected chi connectivity index (χ2v) is 6.35. The van der Waals surface area contributed by atoms with Gasteiger partial charge in [0.05, 0.1) is 0 Å². The first-order valence-electron chi connectivity index (χ1n) is 8.38. The van der Waals surface area contributed by atoms with E-state index in [1.165, 1.54) is 0 Å². The first kappa shape index (κ1) is 18.0. The van der Waals surface area contributed by atoms with E-state index in [1.807, 2.05) is 6.92 Å². The van der Waals surface area contributed by atoms with Crippen molar-refractivity contribution < 1.29 is 19.5 Å². The van der Waals surface area contributed by atoms with Crippen LogP contribution in [0.1, 0.15) is 49.4 Å². The number of carboxylic acids is 1. The van der Waals surface area contributed by atoms with Crippen LogP contribution in [0.3, 0.4) is 0 Å². The number of rotatable bonds is 9. The number of hydrogen-bond acceptors (Lipinski definition) is 3. The number of carbonyl (C=O) groups is 3. The molecule has 1 fully saturated rings. The van der Waals surface area contributed by atoms with Gasteiger partial charge in [0.1, 0.15) is 0 Å². The van der Waals surface area contributed by atoms with Gasteiger partial charge in [-0.2, -0.15) is 0 Å². The van der Waals surface area contributed by atoms with Crippen LogP contribution in [0.5, 0.6) is 0 Å². The molecule has 1 aromatic carbocycles. The Balaban J connectivity index is 1.74. The minimum Gasteiger partial charge on any atom is -0.481 e. The molecule has 24 heavy (non-hydrogen) atoms. The Morgan fingerprint density at radius 3 is 2.62 bits per heavy atom. The lowest BCUT2D eigenvalue weighted by molar-refractivity contribution is -0.137. The van der Waals surface area contributed by atoms with Gasteiger partial charge >= 0.3 is 5.97 Å². The zero-order valence-electron chi connectivity index (χ0n) is 13.9. The lowest BCUT2D eigenvalue weighted by atomic mass is 10.1. The van der Waals surface area contributed by atoms with Crippen LogP contribution in [-0.2, 0) is 9.59 Å². The molecule has 1 aromatic rings. The number of nitrogens with one attached hydrogen (secondary N) is 2. The number of carbonyl (C=O) groups excluding carboxylic acids is 2. The number of carboxylic acid groups (broad SMARTS) is 1. The molecule has 0 saturated heterocycles. The van der Waals surface area contributed by atoms with Gasteiger partial charge in [0.15, 0.2) is 0 Å². The molecule has 1 aliphatic rings. The SMILES string of the molecule is CC1CC1C(=O)Nc1cccc(C(=O)NCCCCCC(=O)O)c1. The maximum Gasteiger partial charge on any atom is 0.303 e. The fourth-order valence-electron chi connectivity index (χ4n) is 2.54. The summed E-state index contributed by atoms with van der Waals surface area (Å²) >= 11 is 0. The summed E-state index contributed by atoms with van der Waals surface area (Å²) in [6.07, 6.45) is 3.22. The fourth-order valence-corrected chi connectivity index (χ4v) is 2.54. The zero-order valence-corrected chi connectivity index (χ0v) is 13.9. The lowest BCUT2D eigenvalue weighted by Gasteiger charge is -2.08. The second-order valence-electron chi connectivity index (χ2n) is 6.35. The Bertz CT molecular complexity index is 615. The van der Waals surface area contributed by atoms with Crippen LogP contribution in [0.25, 0.3) is 0 Å². The minimum absolute atomic E-state index is 0.0125. The van der Waals surface area contributed by atoms with Crippen molar-refractivity contribution in [3.63, 3.8) is 0 Å². The molecule has 0 aromatic heterocycles. The maximum absolute atomic E-state index is 12.1. The van der Waals surface area contributed by atoms with E-state index in [-0.39, 0.29) is 24.2 Å². The van der Waals surface area contributed by atoms with Crippen LogP contribution in [-0.4, -0.2) is 29.4 Å². The summed E-state index contributed by atoms with van der Waals surface area (Å²) in [6.45, 7) is 2.55. The molecule has 130 valence electrons. The van der Waals surface area contributed by atoms with Gasteiger partial charge in [0.2, 0.25) is 5.91 Å². The third-order valence-electron chi connectivity index (χ3n) is 4.19. The lowest BCUT2D eigenvalue weighted by Crippen LogP contribution is -2.24. The number of anilines is 1. The van der Waals surface area contributed by atoms with Crippen molar-refractivity contribution in [1.29, 1.82) is 0 Å². The standard InChI is InChI=1S/C18H24N2O4/c1-12-10-15(12)18(24)20-14-7-5-6-13(11-14)17(23)19-9-4-2-3-8-16(21)22/h5-7,11-12,15H,2-4,8-10H2,1H3,(H,19,23)(H,20,24)(H,21,22). The molecular formula is C18H24N2O4. The summed E-state index contributed by atoms with van der Waals surface area (Å²) < 4.78 is 0. The van der Waals surface area contributed by atoms with Crippen molar-refractivity contribution in [3.8, 4) is 0 Å². The number of aliphatic carboxylic acids is 1. The van der Waals surface area contributed by atoms with Gasteiger partial charge in [-0.05, 0) is 43.4 Å². The normalized spacial score (nSPS) is 18.7. The molecule has 2 rings (SSSR count). The highest BCUT2D eigenvalue weighted by molar-refractivity contribution is 5.98. The number of unbranched alkanes of at least 4 members (excludes halogenated alkanes) is 2. The molecule has 0 bridgehead atoms. The maximum atomic E-state index is 12.1. The Hall–Kier alpha value is -2.37. The van der Waals surface area contributed by atoms with Gasteiger partial charge in [-0.15, -0.1) is 0 Å². The Morgan fingerprint density at radius 1 is 1.21 bits per heavy atom. The Morgan fingerprint density at radius 2 is 1.96 bits per heavy atom. The molecule has 0 heterocycles. The van der Waals surface area contributed by atoms with Crippen molar-refractivity contribution in [2.24, 2.45) is 11.8 Å². The number of hydrogen-bond donors (Lipinski definition) is 3. The van der Waals surface area contributed by atoms with Crippen LogP contribution >= 0.6 is 0 Å². The monoisotopic (exact) mass is 332 g/mol. The van der Waals surface area contributed by atoms with Crippen LogP contribution in [0.4, 0.5) is 5.69 Å². The Kier molecular flexibility index (Phi) is 6.35. The summed E-state index contributed by atoms with van der Waals surface area (Å²) in [5.74, 6) is -0.438. The van der Waals surface area contributed by atoms with Crippen molar-refractivity contribution in [3.05, 3.63) is 29.8 Å². The van der Waals surface area contributed by atoms with Gasteiger partial charge in [0, 0.05) is 30.1 Å². The van der Waals surface area contributed by atoms with Gasteiger partial charge in [-0.3, -0.25) is 14.4 Å². The van der Waals surface area contributed by atoms with E-state index < -0.39 is 5.97 Å². The summed E-state index contributed by atoms with van der Waals surface area (Å²) in [5, 5.41) is 14.2. The van der Waals surface area contributed by atoms with Crippen LogP contribution in [0.15, 0.2) is 24.3 Å². The molecule has 6 heteroatoms. The third kappa shape index (κ3) is 5.68. The molecule has 0 radical (unpaired) electrons. The molecule has 2 unspecified atom stereocenters. The average molecular weight is 332 g/mol. The predicted molar refractivity (Wildman–Crippen MR) is 90.8 cm³/mol. The summed E-state index contributed by atoms with van der Waals surface area (Å²) in [5.41, 5.74) is 1.13. The van der Waals surface area contributed by atoms with Gasteiger partial charge < -0.3 is 15.7 Å². The van der Waals surface area contributed by atoms with E-state index >= 15 is 0 Å². The molecule has 3 N–H and O–H groups in total. The van der Waals surface area contributed by atoms with E-state index in [1.54, 1.807) is 24.3 Å².